The van der Waals surface area contributed by atoms with Crippen molar-refractivity contribution in [1.29, 1.82) is 0 Å². The smallest absolute Gasteiger partial charge is 0.508 e. The van der Waals surface area contributed by atoms with Crippen LogP contribution in [0.4, 0.5) is 13.2 Å². The van der Waals surface area contributed by atoms with Gasteiger partial charge in [-0.15, -0.1) is 0 Å². The molecule has 98 valence electrons. The zero-order chi connectivity index (χ0) is 13.9. The van der Waals surface area contributed by atoms with Crippen molar-refractivity contribution in [2.75, 3.05) is 0 Å². The summed E-state index contributed by atoms with van der Waals surface area (Å²) in [7, 11) is -5.84. The van der Waals surface area contributed by atoms with E-state index in [1.807, 2.05) is 19.9 Å². The highest BCUT2D eigenvalue weighted by Crippen LogP contribution is 2.20. The van der Waals surface area contributed by atoms with E-state index in [0.717, 1.165) is 5.56 Å². The Kier molecular flexibility index (Phi) is 4.96. The lowest BCUT2D eigenvalue weighted by atomic mass is 10.1. The van der Waals surface area contributed by atoms with E-state index in [2.05, 4.69) is 0 Å². The normalized spacial score (nSPS) is 11.6. The second-order valence-electron chi connectivity index (χ2n) is 3.19. The molecule has 17 heavy (non-hydrogen) atoms. The van der Waals surface area contributed by atoms with Gasteiger partial charge in [0.1, 0.15) is 5.75 Å². The van der Waals surface area contributed by atoms with Gasteiger partial charge in [-0.3, -0.25) is 4.55 Å². The van der Waals surface area contributed by atoms with E-state index in [4.69, 9.17) is 18.1 Å². The summed E-state index contributed by atoms with van der Waals surface area (Å²) >= 11 is 0. The van der Waals surface area contributed by atoms with Crippen molar-refractivity contribution in [3.63, 3.8) is 0 Å². The molecule has 0 aliphatic rings. The summed E-state index contributed by atoms with van der Waals surface area (Å²) in [4.78, 5) is 0. The van der Waals surface area contributed by atoms with Gasteiger partial charge in [-0.25, -0.2) is 0 Å². The summed E-state index contributed by atoms with van der Waals surface area (Å²) in [5, 5.41) is 8.94. The third-order valence-electron chi connectivity index (χ3n) is 1.78. The van der Waals surface area contributed by atoms with Crippen LogP contribution in [0.5, 0.6) is 5.75 Å². The molecule has 0 aromatic heterocycles. The Labute approximate surface area is 96.5 Å². The van der Waals surface area contributed by atoms with Gasteiger partial charge in [0.15, 0.2) is 0 Å². The number of phenols is 1. The summed E-state index contributed by atoms with van der Waals surface area (Å²) in [6.45, 7) is 4.00. The lowest BCUT2D eigenvalue weighted by Gasteiger charge is -1.97. The van der Waals surface area contributed by atoms with Crippen LogP contribution in [0.2, 0.25) is 0 Å². The molecular weight excluding hydrogens is 261 g/mol. The Morgan fingerprint density at radius 3 is 1.76 bits per heavy atom. The second kappa shape index (κ2) is 5.37. The number of hydrogen-bond donors (Lipinski definition) is 2. The summed E-state index contributed by atoms with van der Waals surface area (Å²) < 4.78 is 57.5. The number of aromatic hydroxyl groups is 1. The Bertz CT molecular complexity index is 480. The minimum absolute atomic E-state index is 0.345. The van der Waals surface area contributed by atoms with Crippen LogP contribution in [-0.4, -0.2) is 23.6 Å². The van der Waals surface area contributed by atoms with Crippen LogP contribution in [0.15, 0.2) is 18.2 Å². The predicted octanol–water partition coefficient (Wildman–Crippen LogP) is 2.40. The van der Waals surface area contributed by atoms with Gasteiger partial charge >= 0.3 is 15.6 Å². The standard InChI is InChI=1S/C8H10O.CHF3O3S/c1-6-3-4-8(9)5-7(6)2;2-1(3,4)8(5,6)7/h3-5,9H,1-2H3;(H,5,6,7). The van der Waals surface area contributed by atoms with Crippen molar-refractivity contribution in [1.82, 2.24) is 0 Å². The van der Waals surface area contributed by atoms with Crippen molar-refractivity contribution in [2.24, 2.45) is 0 Å². The third-order valence-corrected chi connectivity index (χ3v) is 2.37. The van der Waals surface area contributed by atoms with Crippen molar-refractivity contribution in [3.05, 3.63) is 29.3 Å². The first kappa shape index (κ1) is 15.7. The highest BCUT2D eigenvalue weighted by Gasteiger charge is 2.44. The summed E-state index contributed by atoms with van der Waals surface area (Å²) in [6.07, 6.45) is 0. The van der Waals surface area contributed by atoms with Crippen molar-refractivity contribution >= 4 is 10.1 Å². The highest BCUT2D eigenvalue weighted by atomic mass is 32.2. The average Bonchev–Trinajstić information content (AvgIpc) is 2.09. The van der Waals surface area contributed by atoms with Gasteiger partial charge in [-0.2, -0.15) is 21.6 Å². The lowest BCUT2D eigenvalue weighted by molar-refractivity contribution is -0.0510. The molecule has 0 radical (unpaired) electrons. The zero-order valence-corrected chi connectivity index (χ0v) is 9.80. The van der Waals surface area contributed by atoms with Crippen molar-refractivity contribution in [2.45, 2.75) is 19.4 Å². The Morgan fingerprint density at radius 1 is 1.12 bits per heavy atom. The SMILES string of the molecule is Cc1ccc(O)cc1C.O=S(=O)(O)C(F)(F)F. The minimum Gasteiger partial charge on any atom is -0.508 e. The van der Waals surface area contributed by atoms with E-state index in [0.29, 0.717) is 5.75 Å². The molecular formula is C9H11F3O4S. The monoisotopic (exact) mass is 272 g/mol. The first-order valence-electron chi connectivity index (χ1n) is 4.25. The van der Waals surface area contributed by atoms with Gasteiger partial charge < -0.3 is 5.11 Å². The fraction of sp³-hybridized carbons (Fsp3) is 0.333. The van der Waals surface area contributed by atoms with E-state index in [9.17, 15) is 13.2 Å². The lowest BCUT2D eigenvalue weighted by Crippen LogP contribution is -2.21. The number of benzene rings is 1. The maximum atomic E-state index is 10.7. The summed E-state index contributed by atoms with van der Waals surface area (Å²) in [5.74, 6) is 0.345. The van der Waals surface area contributed by atoms with Crippen LogP contribution in [0.25, 0.3) is 0 Å². The fourth-order valence-corrected chi connectivity index (χ4v) is 0.726. The summed E-state index contributed by atoms with van der Waals surface area (Å²) in [5.41, 5.74) is -3.18. The molecule has 1 aromatic carbocycles. The molecule has 0 unspecified atom stereocenters. The molecule has 0 fully saturated rings. The molecule has 4 nitrogen and oxygen atoms in total. The third kappa shape index (κ3) is 5.55. The van der Waals surface area contributed by atoms with Crippen LogP contribution < -0.4 is 0 Å². The molecule has 1 aromatic rings. The first-order chi connectivity index (χ1) is 7.45. The van der Waals surface area contributed by atoms with Gasteiger partial charge in [0.2, 0.25) is 0 Å². The fourth-order valence-electron chi connectivity index (χ4n) is 0.726. The highest BCUT2D eigenvalue weighted by molar-refractivity contribution is 7.86. The molecule has 8 heteroatoms. The van der Waals surface area contributed by atoms with Gasteiger partial charge in [0.25, 0.3) is 0 Å². The number of alkyl halides is 3. The Morgan fingerprint density at radius 2 is 1.53 bits per heavy atom. The Hall–Kier alpha value is -1.28. The Balaban J connectivity index is 0.000000304. The summed E-state index contributed by atoms with van der Waals surface area (Å²) in [6, 6.07) is 5.36. The maximum Gasteiger partial charge on any atom is 0.522 e. The maximum absolute atomic E-state index is 10.7. The van der Waals surface area contributed by atoms with Crippen LogP contribution in [-0.2, 0) is 10.1 Å². The quantitative estimate of drug-likeness (QED) is 0.561. The molecule has 0 spiro atoms. The largest absolute Gasteiger partial charge is 0.522 e. The molecule has 0 saturated carbocycles. The van der Waals surface area contributed by atoms with E-state index >= 15 is 0 Å². The molecule has 2 N–H and O–H groups in total. The van der Waals surface area contributed by atoms with Crippen LogP contribution in [0, 0.1) is 13.8 Å². The molecule has 0 aliphatic carbocycles. The molecule has 0 heterocycles. The number of hydrogen-bond acceptors (Lipinski definition) is 3. The van der Waals surface area contributed by atoms with Crippen LogP contribution in [0.1, 0.15) is 11.1 Å². The van der Waals surface area contributed by atoms with Crippen LogP contribution in [0.3, 0.4) is 0 Å². The van der Waals surface area contributed by atoms with Crippen LogP contribution >= 0.6 is 0 Å². The van der Waals surface area contributed by atoms with E-state index in [1.54, 1.807) is 12.1 Å². The number of halogens is 3. The average molecular weight is 272 g/mol. The zero-order valence-electron chi connectivity index (χ0n) is 8.99. The van der Waals surface area contributed by atoms with Gasteiger partial charge in [-0.05, 0) is 37.1 Å². The number of aryl methyl sites for hydroxylation is 2. The van der Waals surface area contributed by atoms with Gasteiger partial charge in [-0.1, -0.05) is 6.07 Å². The first-order valence-corrected chi connectivity index (χ1v) is 5.69. The predicted molar refractivity (Wildman–Crippen MR) is 55.2 cm³/mol. The topological polar surface area (TPSA) is 74.6 Å². The van der Waals surface area contributed by atoms with Crippen molar-refractivity contribution in [3.8, 4) is 5.75 Å². The molecule has 0 aliphatic heterocycles. The molecule has 0 atom stereocenters. The van der Waals surface area contributed by atoms with E-state index in [-0.39, 0.29) is 0 Å². The number of rotatable bonds is 0. The molecule has 0 saturated heterocycles. The van der Waals surface area contributed by atoms with Gasteiger partial charge in [0.05, 0.1) is 0 Å². The molecule has 0 amide bonds. The second-order valence-corrected chi connectivity index (χ2v) is 4.60. The minimum atomic E-state index is -5.84. The number of phenolic OH excluding ortho intramolecular Hbond substituents is 1. The van der Waals surface area contributed by atoms with Crippen molar-refractivity contribution < 1.29 is 31.2 Å². The van der Waals surface area contributed by atoms with E-state index < -0.39 is 15.6 Å². The molecule has 1 rings (SSSR count). The molecule has 0 bridgehead atoms. The van der Waals surface area contributed by atoms with E-state index in [1.165, 1.54) is 5.56 Å². The van der Waals surface area contributed by atoms with Gasteiger partial charge in [0, 0.05) is 0 Å².